The van der Waals surface area contributed by atoms with Gasteiger partial charge in [0.05, 0.1) is 0 Å². The van der Waals surface area contributed by atoms with Crippen molar-refractivity contribution < 1.29 is 0 Å². The van der Waals surface area contributed by atoms with E-state index in [0.717, 1.165) is 12.6 Å². The van der Waals surface area contributed by atoms with E-state index in [1.807, 2.05) is 0 Å². The fourth-order valence-electron chi connectivity index (χ4n) is 2.49. The van der Waals surface area contributed by atoms with E-state index in [1.165, 1.54) is 10.6 Å². The Kier molecular flexibility index (Phi) is 5.76. The molecule has 0 radical (unpaired) electrons. The maximum Gasteiger partial charge on any atom is 0.00866 e. The maximum atomic E-state index is 6.37. The third-order valence-electron chi connectivity index (χ3n) is 3.33. The van der Waals surface area contributed by atoms with Crippen molar-refractivity contribution in [2.24, 2.45) is 11.7 Å². The van der Waals surface area contributed by atoms with Gasteiger partial charge in [-0.05, 0) is 37.0 Å². The van der Waals surface area contributed by atoms with E-state index in [0.29, 0.717) is 5.92 Å². The molecule has 0 unspecified atom stereocenters. The van der Waals surface area contributed by atoms with Gasteiger partial charge in [0.2, 0.25) is 0 Å². The van der Waals surface area contributed by atoms with Crippen LogP contribution in [0.4, 0.5) is 0 Å². The molecule has 0 heterocycles. The van der Waals surface area contributed by atoms with Crippen LogP contribution in [-0.2, 0) is 0 Å². The Bertz CT molecular complexity index is 456. The highest BCUT2D eigenvalue weighted by atomic mass is 31.1. The summed E-state index contributed by atoms with van der Waals surface area (Å²) in [5.41, 5.74) is 6.37. The van der Waals surface area contributed by atoms with Crippen LogP contribution in [-0.4, -0.2) is 12.2 Å². The molecule has 0 aliphatic heterocycles. The van der Waals surface area contributed by atoms with Crippen molar-refractivity contribution in [1.82, 2.24) is 0 Å². The van der Waals surface area contributed by atoms with Crippen molar-refractivity contribution in [3.63, 3.8) is 0 Å². The van der Waals surface area contributed by atoms with Crippen molar-refractivity contribution in [3.05, 3.63) is 60.7 Å². The summed E-state index contributed by atoms with van der Waals surface area (Å²) in [6.45, 7) is 4.49. The average Bonchev–Trinajstić information content (AvgIpc) is 2.46. The first kappa shape index (κ1) is 15.2. The van der Waals surface area contributed by atoms with Gasteiger partial charge in [0.15, 0.2) is 0 Å². The molecule has 1 atom stereocenters. The predicted octanol–water partition coefficient (Wildman–Crippen LogP) is 3.49. The van der Waals surface area contributed by atoms with Crippen LogP contribution >= 0.6 is 7.92 Å². The van der Waals surface area contributed by atoms with Gasteiger partial charge in [-0.2, -0.15) is 0 Å². The molecule has 2 aromatic carbocycles. The second-order valence-corrected chi connectivity index (χ2v) is 7.93. The van der Waals surface area contributed by atoms with E-state index < -0.39 is 0 Å². The van der Waals surface area contributed by atoms with Crippen LogP contribution in [0.5, 0.6) is 0 Å². The molecular weight excluding hydrogens is 261 g/mol. The molecule has 0 aliphatic carbocycles. The number of nitrogens with two attached hydrogens (primary N) is 1. The summed E-state index contributed by atoms with van der Waals surface area (Å²) < 4.78 is 0. The van der Waals surface area contributed by atoms with Crippen LogP contribution in [0.3, 0.4) is 0 Å². The largest absolute Gasteiger partial charge is 0.327 e. The summed E-state index contributed by atoms with van der Waals surface area (Å²) in [5, 5.41) is 2.85. The van der Waals surface area contributed by atoms with Gasteiger partial charge in [-0.25, -0.2) is 0 Å². The molecule has 0 aromatic heterocycles. The molecule has 0 aliphatic rings. The highest BCUT2D eigenvalue weighted by Gasteiger charge is 2.17. The number of rotatable bonds is 6. The lowest BCUT2D eigenvalue weighted by Crippen LogP contribution is -2.29. The molecule has 0 amide bonds. The second kappa shape index (κ2) is 7.57. The Morgan fingerprint density at radius 1 is 0.850 bits per heavy atom. The van der Waals surface area contributed by atoms with Gasteiger partial charge in [0.1, 0.15) is 0 Å². The van der Waals surface area contributed by atoms with Crippen LogP contribution in [0.15, 0.2) is 60.7 Å². The van der Waals surface area contributed by atoms with Crippen LogP contribution in [0, 0.1) is 5.92 Å². The zero-order valence-electron chi connectivity index (χ0n) is 12.4. The molecule has 0 bridgehead atoms. The second-order valence-electron chi connectivity index (χ2n) is 5.67. The van der Waals surface area contributed by atoms with E-state index in [4.69, 9.17) is 5.73 Å². The van der Waals surface area contributed by atoms with E-state index in [1.54, 1.807) is 0 Å². The summed E-state index contributed by atoms with van der Waals surface area (Å²) in [4.78, 5) is 0. The van der Waals surface area contributed by atoms with E-state index in [-0.39, 0.29) is 14.0 Å². The van der Waals surface area contributed by atoms with Crippen molar-refractivity contribution in [2.75, 3.05) is 6.16 Å². The zero-order chi connectivity index (χ0) is 14.4. The zero-order valence-corrected chi connectivity index (χ0v) is 13.3. The Morgan fingerprint density at radius 3 is 1.70 bits per heavy atom. The Balaban J connectivity index is 2.21. The fraction of sp³-hybridized carbons (Fsp3) is 0.333. The molecule has 2 heteroatoms. The van der Waals surface area contributed by atoms with Gasteiger partial charge in [0, 0.05) is 6.04 Å². The van der Waals surface area contributed by atoms with Crippen LogP contribution < -0.4 is 16.3 Å². The minimum Gasteiger partial charge on any atom is -0.327 e. The lowest BCUT2D eigenvalue weighted by molar-refractivity contribution is 0.523. The highest BCUT2D eigenvalue weighted by molar-refractivity contribution is 7.73. The van der Waals surface area contributed by atoms with Gasteiger partial charge in [-0.3, -0.25) is 0 Å². The Labute approximate surface area is 124 Å². The Hall–Kier alpha value is -1.17. The van der Waals surface area contributed by atoms with Gasteiger partial charge in [0.25, 0.3) is 0 Å². The average molecular weight is 285 g/mol. The number of hydrogen-bond acceptors (Lipinski definition) is 1. The van der Waals surface area contributed by atoms with E-state index in [2.05, 4.69) is 74.5 Å². The van der Waals surface area contributed by atoms with Crippen molar-refractivity contribution in [1.29, 1.82) is 0 Å². The molecule has 0 saturated carbocycles. The highest BCUT2D eigenvalue weighted by Crippen LogP contribution is 2.34. The third kappa shape index (κ3) is 4.44. The van der Waals surface area contributed by atoms with Crippen LogP contribution in [0.2, 0.25) is 0 Å². The van der Waals surface area contributed by atoms with Gasteiger partial charge in [-0.15, -0.1) is 0 Å². The monoisotopic (exact) mass is 285 g/mol. The molecule has 0 spiro atoms. The molecule has 2 N–H and O–H groups in total. The van der Waals surface area contributed by atoms with Gasteiger partial charge < -0.3 is 5.73 Å². The lowest BCUT2D eigenvalue weighted by atomic mass is 10.1. The number of hydrogen-bond donors (Lipinski definition) is 1. The van der Waals surface area contributed by atoms with E-state index in [9.17, 15) is 0 Å². The predicted molar refractivity (Wildman–Crippen MR) is 91.4 cm³/mol. The molecule has 2 rings (SSSR count). The summed E-state index contributed by atoms with van der Waals surface area (Å²) in [7, 11) is -0.346. The smallest absolute Gasteiger partial charge is 0.00866 e. The number of benzene rings is 2. The summed E-state index contributed by atoms with van der Waals surface area (Å²) in [6, 6.07) is 21.9. The quantitative estimate of drug-likeness (QED) is 0.808. The summed E-state index contributed by atoms with van der Waals surface area (Å²) in [6.07, 6.45) is 2.17. The minimum atomic E-state index is -0.346. The normalized spacial score (nSPS) is 12.8. The van der Waals surface area contributed by atoms with Crippen molar-refractivity contribution >= 4 is 18.5 Å². The topological polar surface area (TPSA) is 26.0 Å². The van der Waals surface area contributed by atoms with Gasteiger partial charge >= 0.3 is 0 Å². The van der Waals surface area contributed by atoms with E-state index >= 15 is 0 Å². The first-order valence-electron chi connectivity index (χ1n) is 7.30. The molecular formula is C18H24NP. The minimum absolute atomic E-state index is 0.279. The van der Waals surface area contributed by atoms with Crippen LogP contribution in [0.25, 0.3) is 0 Å². The molecule has 0 fully saturated rings. The molecule has 0 saturated heterocycles. The fourth-order valence-corrected chi connectivity index (χ4v) is 4.89. The third-order valence-corrected chi connectivity index (χ3v) is 6.00. The first-order valence-corrected chi connectivity index (χ1v) is 8.82. The molecule has 106 valence electrons. The Morgan fingerprint density at radius 2 is 1.30 bits per heavy atom. The molecule has 20 heavy (non-hydrogen) atoms. The van der Waals surface area contributed by atoms with Gasteiger partial charge in [-0.1, -0.05) is 74.5 Å². The summed E-state index contributed by atoms with van der Waals surface area (Å²) >= 11 is 0. The maximum absolute atomic E-state index is 6.37. The molecule has 1 nitrogen and oxygen atoms in total. The van der Waals surface area contributed by atoms with Crippen LogP contribution in [0.1, 0.15) is 20.3 Å². The molecule has 2 aromatic rings. The summed E-state index contributed by atoms with van der Waals surface area (Å²) in [5.74, 6) is 0.661. The SMILES string of the molecule is CC(C)C[C@@H](N)CP(c1ccccc1)c1ccccc1. The first-order chi connectivity index (χ1) is 9.66. The van der Waals surface area contributed by atoms with Crippen molar-refractivity contribution in [3.8, 4) is 0 Å². The standard InChI is InChI=1S/C18H24NP/c1-15(2)13-16(19)14-20(17-9-5-3-6-10-17)18-11-7-4-8-12-18/h3-12,15-16H,13-14,19H2,1-2H3/t16-/m1/s1. The lowest BCUT2D eigenvalue weighted by Gasteiger charge is -2.23. The van der Waals surface area contributed by atoms with Crippen molar-refractivity contribution in [2.45, 2.75) is 26.3 Å².